The van der Waals surface area contributed by atoms with E-state index in [0.717, 1.165) is 31.5 Å². The third-order valence-electron chi connectivity index (χ3n) is 4.15. The van der Waals surface area contributed by atoms with E-state index in [9.17, 15) is 0 Å². The Morgan fingerprint density at radius 1 is 1.20 bits per heavy atom. The first-order chi connectivity index (χ1) is 7.28. The Kier molecular flexibility index (Phi) is 4.04. The summed E-state index contributed by atoms with van der Waals surface area (Å²) in [4.78, 5) is 2.39. The molecule has 2 fully saturated rings. The molecule has 0 spiro atoms. The van der Waals surface area contributed by atoms with Crippen molar-refractivity contribution in [1.29, 1.82) is 0 Å². The van der Waals surface area contributed by atoms with Crippen molar-refractivity contribution in [2.75, 3.05) is 26.7 Å². The molecule has 0 N–H and O–H groups in total. The molecule has 1 saturated heterocycles. The molecular formula is C13H25NO. The molecule has 88 valence electrons. The summed E-state index contributed by atoms with van der Waals surface area (Å²) in [6.45, 7) is 5.51. The Bertz CT molecular complexity index is 189. The number of rotatable bonds is 4. The predicted octanol–water partition coefficient (Wildman–Crippen LogP) is 2.53. The number of nitrogens with zero attached hydrogens (tertiary/aromatic N) is 1. The third kappa shape index (κ3) is 3.18. The zero-order valence-electron chi connectivity index (χ0n) is 10.2. The Hall–Kier alpha value is -0.0800. The number of hydrogen-bond acceptors (Lipinski definition) is 2. The average Bonchev–Trinajstić information content (AvgIpc) is 2.16. The van der Waals surface area contributed by atoms with Crippen LogP contribution in [0.4, 0.5) is 0 Å². The zero-order valence-corrected chi connectivity index (χ0v) is 10.2. The van der Waals surface area contributed by atoms with Gasteiger partial charge in [-0.15, -0.1) is 0 Å². The van der Waals surface area contributed by atoms with Gasteiger partial charge in [-0.05, 0) is 44.6 Å². The van der Waals surface area contributed by atoms with Crippen LogP contribution in [0.2, 0.25) is 0 Å². The van der Waals surface area contributed by atoms with Crippen molar-refractivity contribution in [3.05, 3.63) is 0 Å². The molecule has 1 saturated carbocycles. The maximum Gasteiger partial charge on any atom is 0.0702 e. The summed E-state index contributed by atoms with van der Waals surface area (Å²) in [5.41, 5.74) is 0. The highest BCUT2D eigenvalue weighted by Gasteiger charge is 2.28. The molecule has 1 atom stereocenters. The molecule has 0 aromatic rings. The summed E-state index contributed by atoms with van der Waals surface area (Å²) in [7, 11) is 2.20. The Balaban J connectivity index is 1.58. The van der Waals surface area contributed by atoms with Gasteiger partial charge >= 0.3 is 0 Å². The van der Waals surface area contributed by atoms with Crippen molar-refractivity contribution >= 4 is 0 Å². The van der Waals surface area contributed by atoms with Gasteiger partial charge in [-0.2, -0.15) is 0 Å². The molecule has 0 aromatic heterocycles. The molecule has 15 heavy (non-hydrogen) atoms. The fourth-order valence-electron chi connectivity index (χ4n) is 2.91. The van der Waals surface area contributed by atoms with E-state index >= 15 is 0 Å². The Morgan fingerprint density at radius 3 is 2.67 bits per heavy atom. The Labute approximate surface area is 94.0 Å². The lowest BCUT2D eigenvalue weighted by Crippen LogP contribution is -2.40. The standard InChI is InChI=1S/C13H25NO/c1-3-11-8-12(9-11)4-5-13-10-14(2)6-7-15-13/h11-13H,3-10H2,1-2H3. The minimum Gasteiger partial charge on any atom is -0.376 e. The highest BCUT2D eigenvalue weighted by molar-refractivity contribution is 4.80. The number of hydrogen-bond donors (Lipinski definition) is 0. The van der Waals surface area contributed by atoms with Gasteiger partial charge in [0, 0.05) is 13.1 Å². The molecule has 0 aromatic carbocycles. The second-order valence-electron chi connectivity index (χ2n) is 5.44. The highest BCUT2D eigenvalue weighted by Crippen LogP contribution is 2.39. The van der Waals surface area contributed by atoms with Crippen LogP contribution in [0.15, 0.2) is 0 Å². The molecule has 1 aliphatic carbocycles. The van der Waals surface area contributed by atoms with Gasteiger partial charge in [0.2, 0.25) is 0 Å². The van der Waals surface area contributed by atoms with Crippen LogP contribution in [0.5, 0.6) is 0 Å². The highest BCUT2D eigenvalue weighted by atomic mass is 16.5. The van der Waals surface area contributed by atoms with Gasteiger partial charge in [-0.25, -0.2) is 0 Å². The van der Waals surface area contributed by atoms with Crippen LogP contribution < -0.4 is 0 Å². The molecular weight excluding hydrogens is 186 g/mol. The summed E-state index contributed by atoms with van der Waals surface area (Å²) in [5, 5.41) is 0. The minimum atomic E-state index is 0.518. The third-order valence-corrected chi connectivity index (χ3v) is 4.15. The van der Waals surface area contributed by atoms with Crippen molar-refractivity contribution < 1.29 is 4.74 Å². The lowest BCUT2D eigenvalue weighted by Gasteiger charge is -2.37. The van der Waals surface area contributed by atoms with E-state index in [-0.39, 0.29) is 0 Å². The minimum absolute atomic E-state index is 0.518. The fraction of sp³-hybridized carbons (Fsp3) is 1.00. The topological polar surface area (TPSA) is 12.5 Å². The van der Waals surface area contributed by atoms with Crippen LogP contribution in [-0.2, 0) is 4.74 Å². The largest absolute Gasteiger partial charge is 0.376 e. The molecule has 2 nitrogen and oxygen atoms in total. The van der Waals surface area contributed by atoms with Gasteiger partial charge < -0.3 is 9.64 Å². The van der Waals surface area contributed by atoms with Crippen LogP contribution in [0, 0.1) is 11.8 Å². The first-order valence-electron chi connectivity index (χ1n) is 6.58. The van der Waals surface area contributed by atoms with Gasteiger partial charge in [0.05, 0.1) is 12.7 Å². The van der Waals surface area contributed by atoms with E-state index < -0.39 is 0 Å². The molecule has 0 bridgehead atoms. The van der Waals surface area contributed by atoms with E-state index in [2.05, 4.69) is 18.9 Å². The average molecular weight is 211 g/mol. The number of ether oxygens (including phenoxy) is 1. The summed E-state index contributed by atoms with van der Waals surface area (Å²) in [6.07, 6.45) is 7.56. The molecule has 2 heteroatoms. The van der Waals surface area contributed by atoms with Gasteiger partial charge in [-0.3, -0.25) is 0 Å². The molecule has 0 radical (unpaired) electrons. The van der Waals surface area contributed by atoms with E-state index in [0.29, 0.717) is 6.10 Å². The van der Waals surface area contributed by atoms with E-state index in [1.54, 1.807) is 0 Å². The van der Waals surface area contributed by atoms with Crippen LogP contribution in [0.1, 0.15) is 39.0 Å². The number of morpholine rings is 1. The predicted molar refractivity (Wildman–Crippen MR) is 63.0 cm³/mol. The lowest BCUT2D eigenvalue weighted by atomic mass is 9.71. The summed E-state index contributed by atoms with van der Waals surface area (Å²) >= 11 is 0. The van der Waals surface area contributed by atoms with Crippen molar-refractivity contribution in [3.8, 4) is 0 Å². The summed E-state index contributed by atoms with van der Waals surface area (Å²) in [6, 6.07) is 0. The Morgan fingerprint density at radius 2 is 2.00 bits per heavy atom. The van der Waals surface area contributed by atoms with Crippen LogP contribution in [-0.4, -0.2) is 37.7 Å². The van der Waals surface area contributed by atoms with Gasteiger partial charge in [0.25, 0.3) is 0 Å². The van der Waals surface area contributed by atoms with Crippen molar-refractivity contribution in [1.82, 2.24) is 4.90 Å². The first kappa shape index (κ1) is 11.4. The molecule has 1 unspecified atom stereocenters. The SMILES string of the molecule is CCC1CC(CCC2CN(C)CCO2)C1. The van der Waals surface area contributed by atoms with Crippen LogP contribution in [0.25, 0.3) is 0 Å². The van der Waals surface area contributed by atoms with Crippen molar-refractivity contribution in [2.45, 2.75) is 45.1 Å². The van der Waals surface area contributed by atoms with E-state index in [4.69, 9.17) is 4.74 Å². The molecule has 0 amide bonds. The van der Waals surface area contributed by atoms with Gasteiger partial charge in [-0.1, -0.05) is 13.3 Å². The molecule has 2 rings (SSSR count). The zero-order chi connectivity index (χ0) is 10.7. The number of likely N-dealkylation sites (N-methyl/N-ethyl adjacent to an activating group) is 1. The second kappa shape index (κ2) is 5.31. The van der Waals surface area contributed by atoms with Crippen molar-refractivity contribution in [2.24, 2.45) is 11.8 Å². The van der Waals surface area contributed by atoms with E-state index in [1.165, 1.54) is 32.1 Å². The van der Waals surface area contributed by atoms with Crippen LogP contribution >= 0.6 is 0 Å². The van der Waals surface area contributed by atoms with Crippen LogP contribution in [0.3, 0.4) is 0 Å². The summed E-state index contributed by atoms with van der Waals surface area (Å²) < 4.78 is 5.78. The fourth-order valence-corrected chi connectivity index (χ4v) is 2.91. The smallest absolute Gasteiger partial charge is 0.0702 e. The maximum atomic E-state index is 5.78. The molecule has 2 aliphatic rings. The summed E-state index contributed by atoms with van der Waals surface area (Å²) in [5.74, 6) is 2.07. The first-order valence-corrected chi connectivity index (χ1v) is 6.58. The lowest BCUT2D eigenvalue weighted by molar-refractivity contribution is -0.0289. The second-order valence-corrected chi connectivity index (χ2v) is 5.44. The van der Waals surface area contributed by atoms with E-state index in [1.807, 2.05) is 0 Å². The van der Waals surface area contributed by atoms with Gasteiger partial charge in [0.1, 0.15) is 0 Å². The monoisotopic (exact) mass is 211 g/mol. The normalized spacial score (nSPS) is 37.6. The van der Waals surface area contributed by atoms with Gasteiger partial charge in [0.15, 0.2) is 0 Å². The van der Waals surface area contributed by atoms with Crippen molar-refractivity contribution in [3.63, 3.8) is 0 Å². The quantitative estimate of drug-likeness (QED) is 0.708. The molecule has 1 heterocycles. The molecule has 1 aliphatic heterocycles. The maximum absolute atomic E-state index is 5.78.